The highest BCUT2D eigenvalue weighted by atomic mass is 16.1. The predicted octanol–water partition coefficient (Wildman–Crippen LogP) is 13.7. The van der Waals surface area contributed by atoms with E-state index < -0.39 is 0 Å². The summed E-state index contributed by atoms with van der Waals surface area (Å²) in [7, 11) is 0. The molecule has 6 aromatic carbocycles. The molecular weight excluding hydrogens is 987 g/mol. The first-order valence-corrected chi connectivity index (χ1v) is 25.4. The monoisotopic (exact) mass is 1050 g/mol. The lowest BCUT2D eigenvalue weighted by atomic mass is 10.0. The molecule has 0 fully saturated rings. The van der Waals surface area contributed by atoms with Crippen LogP contribution in [-0.2, 0) is 6.42 Å². The van der Waals surface area contributed by atoms with Crippen LogP contribution in [0.4, 0.5) is 0 Å². The van der Waals surface area contributed by atoms with Crippen molar-refractivity contribution in [3.05, 3.63) is 247 Å². The van der Waals surface area contributed by atoms with E-state index in [1.807, 2.05) is 121 Å². The van der Waals surface area contributed by atoms with Gasteiger partial charge in [-0.15, -0.1) is 20.4 Å². The van der Waals surface area contributed by atoms with Crippen LogP contribution in [0.15, 0.2) is 213 Å². The summed E-state index contributed by atoms with van der Waals surface area (Å²) in [6.45, 7) is 9.92. The van der Waals surface area contributed by atoms with Crippen molar-refractivity contribution < 1.29 is 24.0 Å². The minimum atomic E-state index is -0.00499. The highest BCUT2D eigenvalue weighted by Crippen LogP contribution is 2.22. The molecule has 0 aliphatic carbocycles. The van der Waals surface area contributed by atoms with Crippen LogP contribution >= 0.6 is 0 Å². The summed E-state index contributed by atoms with van der Waals surface area (Å²) in [5, 5.41) is 23.1. The van der Waals surface area contributed by atoms with Gasteiger partial charge in [0.1, 0.15) is 5.69 Å². The molecule has 0 aliphatic heterocycles. The van der Waals surface area contributed by atoms with E-state index in [2.05, 4.69) is 70.7 Å². The minimum Gasteiger partial charge on any atom is -0.295 e. The Bertz CT molecular complexity index is 3140. The quantitative estimate of drug-likeness (QED) is 0.0987. The van der Waals surface area contributed by atoms with Crippen LogP contribution in [0.25, 0.3) is 56.2 Å². The van der Waals surface area contributed by atoms with Crippen LogP contribution in [0.1, 0.15) is 112 Å². The van der Waals surface area contributed by atoms with Gasteiger partial charge in [-0.25, -0.2) is 0 Å². The van der Waals surface area contributed by atoms with Gasteiger partial charge in [0.15, 0.2) is 35.2 Å². The van der Waals surface area contributed by atoms with Gasteiger partial charge < -0.3 is 0 Å². The Hall–Kier alpha value is -10.1. The molecule has 79 heavy (non-hydrogen) atoms. The van der Waals surface area contributed by atoms with E-state index in [1.54, 1.807) is 88.0 Å². The van der Waals surface area contributed by atoms with E-state index in [4.69, 9.17) is 0 Å². The van der Waals surface area contributed by atoms with Crippen molar-refractivity contribution in [2.24, 2.45) is 0 Å². The Morgan fingerprint density at radius 1 is 0.380 bits per heavy atom. The second kappa shape index (κ2) is 30.5. The molecule has 0 aliphatic rings. The van der Waals surface area contributed by atoms with Crippen LogP contribution in [0.2, 0.25) is 0 Å². The molecule has 4 aromatic heterocycles. The van der Waals surface area contributed by atoms with Crippen molar-refractivity contribution in [2.75, 3.05) is 0 Å². The predicted molar refractivity (Wildman–Crippen MR) is 308 cm³/mol. The SMILES string of the molecule is CC(=O)c1ccc(-c2ccccc2)cc1.CC(=O)c1ccc(-c2ccccc2)cn1.CC(=O)c1ccc(-c2cnccn2)cc1.CC(=O)c1ccc(-c2nncnn2)cc1.CCCCc1cnnc(-c2ccc(C(C)=O)cc2)c1. The normalized spacial score (nSPS) is 10.1. The third-order valence-corrected chi connectivity index (χ3v) is 11.9. The summed E-state index contributed by atoms with van der Waals surface area (Å²) in [6.07, 6.45) is 13.2. The third-order valence-electron chi connectivity index (χ3n) is 11.9. The zero-order valence-electron chi connectivity index (χ0n) is 44.9. The molecule has 10 aromatic rings. The van der Waals surface area contributed by atoms with Gasteiger partial charge in [0.25, 0.3) is 0 Å². The average Bonchev–Trinajstić information content (AvgIpc) is 3.51. The first-order chi connectivity index (χ1) is 38.3. The zero-order valence-corrected chi connectivity index (χ0v) is 44.9. The summed E-state index contributed by atoms with van der Waals surface area (Å²) in [5.41, 5.74) is 13.5. The fourth-order valence-corrected chi connectivity index (χ4v) is 7.37. The number of hydrogen-bond donors (Lipinski definition) is 0. The summed E-state index contributed by atoms with van der Waals surface area (Å²) in [5.74, 6) is 0.735. The molecule has 0 atom stereocenters. The van der Waals surface area contributed by atoms with Crippen molar-refractivity contribution >= 4 is 28.9 Å². The maximum atomic E-state index is 11.2. The van der Waals surface area contributed by atoms with Crippen LogP contribution in [0, 0.1) is 0 Å². The maximum absolute atomic E-state index is 11.2. The second-order valence-electron chi connectivity index (χ2n) is 17.8. The number of aromatic nitrogens is 9. The van der Waals surface area contributed by atoms with Gasteiger partial charge in [0.05, 0.1) is 23.8 Å². The van der Waals surface area contributed by atoms with Crippen molar-refractivity contribution in [1.29, 1.82) is 0 Å². The number of hydrogen-bond acceptors (Lipinski definition) is 14. The highest BCUT2D eigenvalue weighted by molar-refractivity contribution is 5.96. The highest BCUT2D eigenvalue weighted by Gasteiger charge is 2.07. The van der Waals surface area contributed by atoms with Gasteiger partial charge in [-0.1, -0.05) is 177 Å². The molecule has 0 saturated carbocycles. The summed E-state index contributed by atoms with van der Waals surface area (Å²) in [6, 6.07) is 55.4. The number of Topliss-reactive ketones (excluding diaryl/α,β-unsaturated/α-hetero) is 5. The lowest BCUT2D eigenvalue weighted by Crippen LogP contribution is -1.95. The zero-order chi connectivity index (χ0) is 56.4. The molecule has 394 valence electrons. The third kappa shape index (κ3) is 18.6. The van der Waals surface area contributed by atoms with Crippen molar-refractivity contribution in [1.82, 2.24) is 45.5 Å². The lowest BCUT2D eigenvalue weighted by Gasteiger charge is -2.04. The second-order valence-corrected chi connectivity index (χ2v) is 17.8. The standard InChI is InChI=1S/C16H18N2O.C14H12O.C13H11NO.C12H10N2O.C10H8N4O/c1-3-4-5-13-10-16(18-17-11-13)15-8-6-14(7-9-15)12(2)19;1-11(15)12-7-9-14(10-8-12)13-5-3-2-4-6-13;1-10(15)13-8-7-12(9-14-13)11-5-3-2-4-6-11;1-9(15)10-2-4-11(5-3-10)12-8-13-6-7-14-12;1-7(15)8-2-4-9(5-3-8)10-13-11-6-12-14-10/h6-11H,3-5H2,1-2H3;2-10H,1H3;2-9H,1H3;2-8H,1H3;2-6H,1H3. The first kappa shape index (κ1) is 58.2. The molecule has 0 N–H and O–H groups in total. The van der Waals surface area contributed by atoms with Crippen molar-refractivity contribution in [3.63, 3.8) is 0 Å². The first-order valence-electron chi connectivity index (χ1n) is 25.4. The Morgan fingerprint density at radius 2 is 0.823 bits per heavy atom. The van der Waals surface area contributed by atoms with Gasteiger partial charge in [-0.3, -0.25) is 38.9 Å². The Kier molecular flexibility index (Phi) is 22.4. The van der Waals surface area contributed by atoms with E-state index in [9.17, 15) is 24.0 Å². The van der Waals surface area contributed by atoms with Gasteiger partial charge >= 0.3 is 0 Å². The van der Waals surface area contributed by atoms with E-state index in [0.717, 1.165) is 68.7 Å². The number of ketones is 5. The fraction of sp³-hybridized carbons (Fsp3) is 0.138. The largest absolute Gasteiger partial charge is 0.295 e. The smallest absolute Gasteiger partial charge is 0.203 e. The maximum Gasteiger partial charge on any atom is 0.203 e. The van der Waals surface area contributed by atoms with Gasteiger partial charge in [-0.2, -0.15) is 10.2 Å². The Labute approximate surface area is 460 Å². The summed E-state index contributed by atoms with van der Waals surface area (Å²) < 4.78 is 0. The minimum absolute atomic E-state index is 0.00499. The van der Waals surface area contributed by atoms with E-state index >= 15 is 0 Å². The number of unbranched alkanes of at least 4 members (excludes halogenated alkanes) is 1. The lowest BCUT2D eigenvalue weighted by molar-refractivity contribution is 0.100. The molecule has 0 bridgehead atoms. The molecular formula is C65H59N9O5. The molecule has 0 saturated heterocycles. The summed E-state index contributed by atoms with van der Waals surface area (Å²) in [4.78, 5) is 67.7. The number of nitrogens with zero attached hydrogens (tertiary/aromatic N) is 9. The molecule has 0 amide bonds. The van der Waals surface area contributed by atoms with Gasteiger partial charge in [0, 0.05) is 70.0 Å². The molecule has 0 spiro atoms. The van der Waals surface area contributed by atoms with Crippen LogP contribution in [-0.4, -0.2) is 74.5 Å². The van der Waals surface area contributed by atoms with Crippen LogP contribution in [0.3, 0.4) is 0 Å². The van der Waals surface area contributed by atoms with E-state index in [-0.39, 0.29) is 28.9 Å². The Balaban J connectivity index is 0.000000160. The van der Waals surface area contributed by atoms with Crippen LogP contribution < -0.4 is 0 Å². The summed E-state index contributed by atoms with van der Waals surface area (Å²) >= 11 is 0. The molecule has 0 unspecified atom stereocenters. The van der Waals surface area contributed by atoms with Crippen molar-refractivity contribution in [2.45, 2.75) is 60.8 Å². The van der Waals surface area contributed by atoms with E-state index in [0.29, 0.717) is 22.6 Å². The number of carbonyl (C=O) groups is 5. The van der Waals surface area contributed by atoms with Crippen molar-refractivity contribution in [3.8, 4) is 56.2 Å². The number of carbonyl (C=O) groups excluding carboxylic acids is 5. The molecule has 14 nitrogen and oxygen atoms in total. The fourth-order valence-electron chi connectivity index (χ4n) is 7.37. The number of rotatable bonds is 13. The number of pyridine rings is 1. The Morgan fingerprint density at radius 3 is 1.25 bits per heavy atom. The molecule has 0 radical (unpaired) electrons. The molecule has 14 heteroatoms. The number of benzene rings is 6. The number of aryl methyl sites for hydroxylation is 1. The molecule has 4 heterocycles. The van der Waals surface area contributed by atoms with Gasteiger partial charge in [-0.05, 0) is 74.9 Å². The van der Waals surface area contributed by atoms with Gasteiger partial charge in [0.2, 0.25) is 5.82 Å². The van der Waals surface area contributed by atoms with E-state index in [1.165, 1.54) is 37.7 Å². The average molecular weight is 1050 g/mol. The molecule has 10 rings (SSSR count). The topological polar surface area (TPSA) is 201 Å². The van der Waals surface area contributed by atoms with Crippen LogP contribution in [0.5, 0.6) is 0 Å².